The van der Waals surface area contributed by atoms with Gasteiger partial charge in [0, 0.05) is 12.2 Å². The maximum atomic E-state index is 11.5. The van der Waals surface area contributed by atoms with Crippen molar-refractivity contribution in [2.24, 2.45) is 0 Å². The zero-order chi connectivity index (χ0) is 19.2. The van der Waals surface area contributed by atoms with E-state index >= 15 is 0 Å². The quantitative estimate of drug-likeness (QED) is 0.335. The molecular formula is C26H25NO. The van der Waals surface area contributed by atoms with Gasteiger partial charge in [0.2, 0.25) is 0 Å². The van der Waals surface area contributed by atoms with Crippen LogP contribution in [0, 0.1) is 0 Å². The Hall–Kier alpha value is -3.13. The molecule has 1 aliphatic heterocycles. The van der Waals surface area contributed by atoms with Gasteiger partial charge in [-0.2, -0.15) is 0 Å². The molecule has 2 nitrogen and oxygen atoms in total. The Morgan fingerprint density at radius 3 is 1.57 bits per heavy atom. The first-order chi connectivity index (χ1) is 13.9. The van der Waals surface area contributed by atoms with E-state index in [4.69, 9.17) is 0 Å². The van der Waals surface area contributed by atoms with Crippen molar-refractivity contribution in [3.05, 3.63) is 119 Å². The maximum absolute atomic E-state index is 11.5. The molecule has 3 aromatic carbocycles. The fraction of sp³-hybridized carbons (Fsp3) is 0.192. The minimum Gasteiger partial charge on any atom is -0.357 e. The monoisotopic (exact) mass is 367 g/mol. The summed E-state index contributed by atoms with van der Waals surface area (Å²) in [5.74, 6) is 0. The van der Waals surface area contributed by atoms with E-state index in [1.165, 1.54) is 16.7 Å². The van der Waals surface area contributed by atoms with Crippen LogP contribution in [0.1, 0.15) is 36.0 Å². The largest absolute Gasteiger partial charge is 0.357 e. The number of nitrogens with zero attached hydrogens (tertiary/aromatic N) is 1. The minimum absolute atomic E-state index is 0.473. The Morgan fingerprint density at radius 1 is 0.679 bits per heavy atom. The van der Waals surface area contributed by atoms with E-state index < -0.39 is 5.54 Å². The van der Waals surface area contributed by atoms with Crippen molar-refractivity contribution < 1.29 is 4.79 Å². The number of hydrogen-bond donors (Lipinski definition) is 0. The van der Waals surface area contributed by atoms with Gasteiger partial charge in [-0.1, -0.05) is 91.0 Å². The molecule has 0 amide bonds. The smallest absolute Gasteiger partial charge is 0.144 e. The van der Waals surface area contributed by atoms with Crippen LogP contribution < -0.4 is 0 Å². The Labute approximate surface area is 167 Å². The van der Waals surface area contributed by atoms with Crippen LogP contribution in [0.3, 0.4) is 0 Å². The van der Waals surface area contributed by atoms with Gasteiger partial charge in [-0.25, -0.2) is 0 Å². The number of piperidine rings is 1. The second-order valence-corrected chi connectivity index (χ2v) is 7.21. The summed E-state index contributed by atoms with van der Waals surface area (Å²) < 4.78 is 0. The lowest BCUT2D eigenvalue weighted by Crippen LogP contribution is -2.49. The minimum atomic E-state index is -0.473. The Bertz CT molecular complexity index is 835. The molecule has 140 valence electrons. The molecule has 2 heteroatoms. The second kappa shape index (κ2) is 8.26. The predicted molar refractivity (Wildman–Crippen MR) is 114 cm³/mol. The van der Waals surface area contributed by atoms with Crippen LogP contribution in [0.25, 0.3) is 0 Å². The molecule has 0 atom stereocenters. The van der Waals surface area contributed by atoms with Crippen molar-refractivity contribution in [1.29, 1.82) is 0 Å². The Balaban J connectivity index is 2.07. The summed E-state index contributed by atoms with van der Waals surface area (Å²) >= 11 is 0. The van der Waals surface area contributed by atoms with Crippen molar-refractivity contribution >= 4 is 6.29 Å². The first-order valence-corrected chi connectivity index (χ1v) is 9.96. The topological polar surface area (TPSA) is 20.3 Å². The molecule has 1 aliphatic rings. The second-order valence-electron chi connectivity index (χ2n) is 7.21. The highest BCUT2D eigenvalue weighted by Gasteiger charge is 2.43. The van der Waals surface area contributed by atoms with Gasteiger partial charge >= 0.3 is 0 Å². The molecule has 1 saturated heterocycles. The highest BCUT2D eigenvalue weighted by Crippen LogP contribution is 2.46. The fourth-order valence-corrected chi connectivity index (χ4v) is 4.50. The van der Waals surface area contributed by atoms with Crippen molar-refractivity contribution in [3.63, 3.8) is 0 Å². The van der Waals surface area contributed by atoms with E-state index in [0.717, 1.165) is 37.8 Å². The third-order valence-corrected chi connectivity index (χ3v) is 5.65. The van der Waals surface area contributed by atoms with E-state index in [2.05, 4.69) is 95.9 Å². The summed E-state index contributed by atoms with van der Waals surface area (Å²) in [7, 11) is 0. The van der Waals surface area contributed by atoms with Crippen LogP contribution in [0.5, 0.6) is 0 Å². The van der Waals surface area contributed by atoms with E-state index in [1.54, 1.807) is 6.08 Å². The van der Waals surface area contributed by atoms with Gasteiger partial charge in [-0.15, -0.1) is 0 Å². The molecule has 4 rings (SSSR count). The van der Waals surface area contributed by atoms with Gasteiger partial charge in [-0.3, -0.25) is 4.79 Å². The van der Waals surface area contributed by atoms with Gasteiger partial charge in [0.25, 0.3) is 0 Å². The molecule has 1 fully saturated rings. The van der Waals surface area contributed by atoms with Crippen molar-refractivity contribution in [3.8, 4) is 0 Å². The molecule has 0 saturated carbocycles. The molecule has 3 aromatic rings. The molecule has 0 bridgehead atoms. The summed E-state index contributed by atoms with van der Waals surface area (Å²) in [4.78, 5) is 13.9. The van der Waals surface area contributed by atoms with Crippen LogP contribution >= 0.6 is 0 Å². The van der Waals surface area contributed by atoms with Crippen molar-refractivity contribution in [1.82, 2.24) is 4.90 Å². The van der Waals surface area contributed by atoms with Crippen LogP contribution in [-0.4, -0.2) is 17.7 Å². The lowest BCUT2D eigenvalue weighted by molar-refractivity contribution is -0.104. The highest BCUT2D eigenvalue weighted by molar-refractivity contribution is 5.66. The summed E-state index contributed by atoms with van der Waals surface area (Å²) in [5.41, 5.74) is 4.28. The van der Waals surface area contributed by atoms with Gasteiger partial charge in [-0.05, 0) is 42.0 Å². The third-order valence-electron chi connectivity index (χ3n) is 5.65. The Morgan fingerprint density at radius 2 is 1.14 bits per heavy atom. The van der Waals surface area contributed by atoms with Gasteiger partial charge in [0.15, 0.2) is 0 Å². The van der Waals surface area contributed by atoms with Crippen molar-refractivity contribution in [2.75, 3.05) is 6.54 Å². The molecule has 0 unspecified atom stereocenters. The zero-order valence-electron chi connectivity index (χ0n) is 16.0. The van der Waals surface area contributed by atoms with Crippen LogP contribution in [0.15, 0.2) is 103 Å². The molecule has 0 aromatic heterocycles. The number of hydrogen-bond acceptors (Lipinski definition) is 2. The SMILES string of the molecule is O=CC=C1CCCCN1C(c1ccccc1)(c1ccccc1)c1ccccc1. The molecule has 1 heterocycles. The summed E-state index contributed by atoms with van der Waals surface area (Å²) in [6.45, 7) is 0.915. The highest BCUT2D eigenvalue weighted by atomic mass is 16.1. The van der Waals surface area contributed by atoms with Crippen LogP contribution in [0.4, 0.5) is 0 Å². The standard InChI is InChI=1S/C26H25NO/c28-21-19-25-18-10-11-20-27(25)26(22-12-4-1-5-13-22,23-14-6-2-7-15-23)24-16-8-3-9-17-24/h1-9,12-17,19,21H,10-11,18,20H2. The van der Waals surface area contributed by atoms with Crippen molar-refractivity contribution in [2.45, 2.75) is 24.8 Å². The number of benzene rings is 3. The first kappa shape index (κ1) is 18.2. The summed E-state index contributed by atoms with van der Waals surface area (Å²) in [6, 6.07) is 32.0. The fourth-order valence-electron chi connectivity index (χ4n) is 4.50. The number of likely N-dealkylation sites (tertiary alicyclic amines) is 1. The van der Waals surface area contributed by atoms with E-state index in [0.29, 0.717) is 0 Å². The molecule has 0 radical (unpaired) electrons. The number of allylic oxidation sites excluding steroid dienone is 2. The predicted octanol–water partition coefficient (Wildman–Crippen LogP) is 5.55. The number of carbonyl (C=O) groups excluding carboxylic acids is 1. The number of carbonyl (C=O) groups is 1. The lowest BCUT2D eigenvalue weighted by Gasteiger charge is -2.49. The van der Waals surface area contributed by atoms with Gasteiger partial charge < -0.3 is 4.90 Å². The van der Waals surface area contributed by atoms with Crippen LogP contribution in [0.2, 0.25) is 0 Å². The lowest BCUT2D eigenvalue weighted by atomic mass is 9.74. The van der Waals surface area contributed by atoms with E-state index in [1.807, 2.05) is 0 Å². The first-order valence-electron chi connectivity index (χ1n) is 9.96. The average molecular weight is 367 g/mol. The third kappa shape index (κ3) is 3.16. The Kier molecular flexibility index (Phi) is 5.38. The van der Waals surface area contributed by atoms with Gasteiger partial charge in [0.1, 0.15) is 11.8 Å². The zero-order valence-corrected chi connectivity index (χ0v) is 16.0. The summed E-state index contributed by atoms with van der Waals surface area (Å²) in [5, 5.41) is 0. The van der Waals surface area contributed by atoms with Gasteiger partial charge in [0.05, 0.1) is 0 Å². The number of rotatable bonds is 5. The molecule has 0 N–H and O–H groups in total. The molecule has 28 heavy (non-hydrogen) atoms. The average Bonchev–Trinajstić information content (AvgIpc) is 2.78. The maximum Gasteiger partial charge on any atom is 0.144 e. The van der Waals surface area contributed by atoms with E-state index in [9.17, 15) is 4.79 Å². The molecule has 0 aliphatic carbocycles. The summed E-state index contributed by atoms with van der Waals surface area (Å²) in [6.07, 6.45) is 5.84. The number of aldehydes is 1. The van der Waals surface area contributed by atoms with Crippen LogP contribution in [-0.2, 0) is 10.3 Å². The molecule has 0 spiro atoms. The molecular weight excluding hydrogens is 342 g/mol. The van der Waals surface area contributed by atoms with E-state index in [-0.39, 0.29) is 0 Å². The normalized spacial score (nSPS) is 16.1.